The zero-order valence-corrected chi connectivity index (χ0v) is 13.1. The molecule has 8 heteroatoms. The lowest BCUT2D eigenvalue weighted by Gasteiger charge is -2.10. The van der Waals surface area contributed by atoms with Crippen LogP contribution in [-0.2, 0) is 0 Å². The quantitative estimate of drug-likeness (QED) is 0.631. The molecule has 4 nitrogen and oxygen atoms in total. The summed E-state index contributed by atoms with van der Waals surface area (Å²) in [4.78, 5) is 16.2. The Morgan fingerprint density at radius 2 is 1.87 bits per heavy atom. The maximum absolute atomic E-state index is 13.9. The Kier molecular flexibility index (Phi) is 5.10. The third-order valence-electron chi connectivity index (χ3n) is 3.20. The molecule has 0 atom stereocenters. The van der Waals surface area contributed by atoms with E-state index in [0.717, 1.165) is 11.6 Å². The highest BCUT2D eigenvalue weighted by atomic mass is 35.5. The average Bonchev–Trinajstić information content (AvgIpc) is 2.86. The molecule has 0 fully saturated rings. The van der Waals surface area contributed by atoms with Gasteiger partial charge in [0.05, 0.1) is 18.0 Å². The van der Waals surface area contributed by atoms with Crippen LogP contribution in [0.4, 0.5) is 13.2 Å². The van der Waals surface area contributed by atoms with Crippen LogP contribution >= 0.6 is 11.6 Å². The Morgan fingerprint density at radius 3 is 2.48 bits per heavy atom. The number of nitrogens with zero attached hydrogens (tertiary/aromatic N) is 3. The highest BCUT2D eigenvalue weighted by Crippen LogP contribution is 2.19. The molecule has 0 aliphatic heterocycles. The molecule has 0 saturated carbocycles. The normalized spacial score (nSPS) is 10.5. The number of rotatable bonds is 1. The van der Waals surface area contributed by atoms with Crippen molar-refractivity contribution >= 4 is 17.4 Å². The topological polar surface area (TPSA) is 39.3 Å². The fourth-order valence-corrected chi connectivity index (χ4v) is 2.30. The number of hydrogen-bond donors (Lipinski definition) is 0. The molecule has 0 amide bonds. The van der Waals surface area contributed by atoms with Crippen molar-refractivity contribution in [3.63, 3.8) is 0 Å². The number of imidazole rings is 1. The second-order valence-electron chi connectivity index (χ2n) is 4.71. The maximum Gasteiger partial charge on any atom is 0.262 e. The van der Waals surface area contributed by atoms with Crippen molar-refractivity contribution in [1.29, 1.82) is 0 Å². The SMILES string of the molecule is Cc1cc(-n2c(=O)cc(F)n3c(C)cnc23)ccc1Cl.FCF. The summed E-state index contributed by atoms with van der Waals surface area (Å²) in [6.45, 7) is 1.82. The van der Waals surface area contributed by atoms with Gasteiger partial charge in [-0.25, -0.2) is 18.3 Å². The van der Waals surface area contributed by atoms with E-state index >= 15 is 0 Å². The van der Waals surface area contributed by atoms with Crippen LogP contribution in [0.2, 0.25) is 5.02 Å². The predicted octanol–water partition coefficient (Wildman–Crippen LogP) is 3.78. The van der Waals surface area contributed by atoms with Gasteiger partial charge in [0.15, 0.2) is 0 Å². The average molecular weight is 344 g/mol. The monoisotopic (exact) mass is 343 g/mol. The summed E-state index contributed by atoms with van der Waals surface area (Å²) < 4.78 is 35.8. The van der Waals surface area contributed by atoms with E-state index in [2.05, 4.69) is 4.98 Å². The minimum absolute atomic E-state index is 0.245. The molecular formula is C15H13ClF3N3O. The lowest BCUT2D eigenvalue weighted by atomic mass is 10.2. The van der Waals surface area contributed by atoms with E-state index < -0.39 is 18.4 Å². The fraction of sp³-hybridized carbons (Fsp3) is 0.200. The standard InChI is InChI=1S/C14H11ClFN3O.CH2F2/c1-8-5-10(3-4-11(8)15)19-13(20)6-12(16)18-9(2)7-17-14(18)19;2-1-3/h3-7H,1-2H3;1H2. The molecule has 0 radical (unpaired) electrons. The Hall–Kier alpha value is -2.28. The molecule has 23 heavy (non-hydrogen) atoms. The van der Waals surface area contributed by atoms with E-state index in [4.69, 9.17) is 11.6 Å². The first-order chi connectivity index (χ1) is 10.9. The molecule has 2 aromatic heterocycles. The molecule has 122 valence electrons. The second kappa shape index (κ2) is 6.87. The molecule has 1 aromatic carbocycles. The van der Waals surface area contributed by atoms with E-state index in [1.807, 2.05) is 6.92 Å². The molecular weight excluding hydrogens is 331 g/mol. The van der Waals surface area contributed by atoms with E-state index in [9.17, 15) is 18.0 Å². The van der Waals surface area contributed by atoms with Crippen molar-refractivity contribution in [2.75, 3.05) is 6.93 Å². The van der Waals surface area contributed by atoms with Crippen molar-refractivity contribution in [2.24, 2.45) is 0 Å². The van der Waals surface area contributed by atoms with Crippen LogP contribution in [0.15, 0.2) is 35.3 Å². The first-order valence-corrected chi connectivity index (χ1v) is 6.92. The first kappa shape index (κ1) is 17.1. The molecule has 0 unspecified atom stereocenters. The van der Waals surface area contributed by atoms with Crippen molar-refractivity contribution < 1.29 is 13.2 Å². The molecule has 0 aliphatic rings. The first-order valence-electron chi connectivity index (χ1n) is 6.54. The van der Waals surface area contributed by atoms with Crippen LogP contribution in [0.1, 0.15) is 11.3 Å². The summed E-state index contributed by atoms with van der Waals surface area (Å²) in [5, 5.41) is 0.611. The van der Waals surface area contributed by atoms with Crippen molar-refractivity contribution in [2.45, 2.75) is 13.8 Å². The van der Waals surface area contributed by atoms with Gasteiger partial charge in [-0.1, -0.05) is 11.6 Å². The van der Waals surface area contributed by atoms with Crippen LogP contribution in [0, 0.1) is 19.8 Å². The highest BCUT2D eigenvalue weighted by Gasteiger charge is 2.13. The Bertz CT molecular complexity index is 905. The van der Waals surface area contributed by atoms with Gasteiger partial charge >= 0.3 is 0 Å². The summed E-state index contributed by atoms with van der Waals surface area (Å²) in [5.74, 6) is -0.379. The third-order valence-corrected chi connectivity index (χ3v) is 3.62. The Labute approximate surface area is 134 Å². The fourth-order valence-electron chi connectivity index (χ4n) is 2.19. The van der Waals surface area contributed by atoms with Gasteiger partial charge < -0.3 is 0 Å². The molecule has 0 bridgehead atoms. The zero-order valence-electron chi connectivity index (χ0n) is 12.4. The zero-order chi connectivity index (χ0) is 17.1. The summed E-state index contributed by atoms with van der Waals surface area (Å²) in [6.07, 6.45) is 1.52. The van der Waals surface area contributed by atoms with Crippen molar-refractivity contribution in [3.8, 4) is 5.69 Å². The Morgan fingerprint density at radius 1 is 1.22 bits per heavy atom. The smallest absolute Gasteiger partial charge is 0.262 e. The predicted molar refractivity (Wildman–Crippen MR) is 82.3 cm³/mol. The summed E-state index contributed by atoms with van der Waals surface area (Å²) in [6, 6.07) is 6.13. The van der Waals surface area contributed by atoms with Gasteiger partial charge in [-0.2, -0.15) is 4.39 Å². The van der Waals surface area contributed by atoms with Gasteiger partial charge in [-0.3, -0.25) is 9.20 Å². The molecule has 0 aliphatic carbocycles. The third kappa shape index (κ3) is 3.24. The van der Waals surface area contributed by atoms with Crippen LogP contribution in [0.3, 0.4) is 0 Å². The number of aryl methyl sites for hydroxylation is 2. The van der Waals surface area contributed by atoms with Crippen LogP contribution < -0.4 is 5.56 Å². The lowest BCUT2D eigenvalue weighted by molar-refractivity contribution is 0.295. The van der Waals surface area contributed by atoms with Gasteiger partial charge in [0.1, 0.15) is 0 Å². The van der Waals surface area contributed by atoms with E-state index in [0.29, 0.717) is 16.4 Å². The van der Waals surface area contributed by atoms with Gasteiger partial charge in [0.2, 0.25) is 18.7 Å². The highest BCUT2D eigenvalue weighted by molar-refractivity contribution is 6.31. The maximum atomic E-state index is 13.9. The van der Waals surface area contributed by atoms with Crippen molar-refractivity contribution in [1.82, 2.24) is 14.0 Å². The van der Waals surface area contributed by atoms with E-state index in [-0.39, 0.29) is 5.78 Å². The lowest BCUT2D eigenvalue weighted by Crippen LogP contribution is -2.22. The number of alkyl halides is 2. The summed E-state index contributed by atoms with van der Waals surface area (Å²) in [5.41, 5.74) is 1.59. The van der Waals surface area contributed by atoms with Crippen LogP contribution in [-0.4, -0.2) is 20.9 Å². The van der Waals surface area contributed by atoms with E-state index in [1.54, 1.807) is 25.1 Å². The summed E-state index contributed by atoms with van der Waals surface area (Å²) in [7, 11) is 0. The van der Waals surface area contributed by atoms with Gasteiger partial charge in [0, 0.05) is 10.7 Å². The van der Waals surface area contributed by atoms with Gasteiger partial charge in [-0.15, -0.1) is 0 Å². The molecule has 3 aromatic rings. The Balaban J connectivity index is 0.000000595. The van der Waals surface area contributed by atoms with Gasteiger partial charge in [-0.05, 0) is 37.6 Å². The van der Waals surface area contributed by atoms with Crippen molar-refractivity contribution in [3.05, 3.63) is 63.0 Å². The number of aromatic nitrogens is 3. The number of fused-ring (bicyclic) bond motifs is 1. The second-order valence-corrected chi connectivity index (χ2v) is 5.12. The molecule has 0 spiro atoms. The summed E-state index contributed by atoms with van der Waals surface area (Å²) >= 11 is 5.99. The molecule has 0 saturated heterocycles. The van der Waals surface area contributed by atoms with Crippen LogP contribution in [0.25, 0.3) is 11.5 Å². The molecule has 3 rings (SSSR count). The molecule has 2 heterocycles. The largest absolute Gasteiger partial charge is 0.269 e. The van der Waals surface area contributed by atoms with Crippen LogP contribution in [0.5, 0.6) is 0 Å². The molecule has 0 N–H and O–H groups in total. The van der Waals surface area contributed by atoms with E-state index in [1.165, 1.54) is 15.2 Å². The number of halogens is 4. The number of hydrogen-bond acceptors (Lipinski definition) is 2. The minimum atomic E-state index is -1.75. The minimum Gasteiger partial charge on any atom is -0.269 e. The number of benzene rings is 1. The van der Waals surface area contributed by atoms with Gasteiger partial charge in [0.25, 0.3) is 5.56 Å².